The molecule has 0 spiro atoms. The van der Waals surface area contributed by atoms with Crippen LogP contribution in [-0.2, 0) is 10.9 Å². The zero-order valence-corrected chi connectivity index (χ0v) is 18.7. The van der Waals surface area contributed by atoms with Gasteiger partial charge in [0.15, 0.2) is 5.82 Å². The van der Waals surface area contributed by atoms with Gasteiger partial charge in [-0.15, -0.1) is 0 Å². The molecule has 0 fully saturated rings. The highest BCUT2D eigenvalue weighted by Gasteiger charge is 2.32. The summed E-state index contributed by atoms with van der Waals surface area (Å²) in [6, 6.07) is 10.1. The van der Waals surface area contributed by atoms with Crippen molar-refractivity contribution in [1.29, 1.82) is 0 Å². The van der Waals surface area contributed by atoms with Gasteiger partial charge >= 0.3 is 18.3 Å². The maximum absolute atomic E-state index is 13.0. The van der Waals surface area contributed by atoms with Crippen LogP contribution in [0.3, 0.4) is 0 Å². The second kappa shape index (κ2) is 10.3. The Kier molecular flexibility index (Phi) is 7.67. The molecule has 0 saturated heterocycles. The number of rotatable bonds is 7. The molecule has 0 saturated carbocycles. The van der Waals surface area contributed by atoms with E-state index in [9.17, 15) is 31.1 Å². The lowest BCUT2D eigenvalue weighted by molar-refractivity contribution is -0.138. The van der Waals surface area contributed by atoms with E-state index in [2.05, 4.69) is 20.0 Å². The van der Waals surface area contributed by atoms with Crippen LogP contribution >= 0.6 is 0 Å². The molecule has 5 nitrogen and oxygen atoms in total. The van der Waals surface area contributed by atoms with Crippen molar-refractivity contribution in [3.63, 3.8) is 0 Å². The Bertz CT molecular complexity index is 1160. The SMILES string of the molecule is COC(=O)c1ccc(NC(CCC(F)(F)F)c2ccc(-c3ncc(C(F)(F)F)cn3)cc2C)cc1. The highest BCUT2D eigenvalue weighted by molar-refractivity contribution is 5.89. The summed E-state index contributed by atoms with van der Waals surface area (Å²) < 4.78 is 81.8. The number of alkyl halides is 6. The van der Waals surface area contributed by atoms with Crippen molar-refractivity contribution in [1.82, 2.24) is 9.97 Å². The van der Waals surface area contributed by atoms with Crippen molar-refractivity contribution in [2.75, 3.05) is 12.4 Å². The van der Waals surface area contributed by atoms with Crippen LogP contribution < -0.4 is 5.32 Å². The van der Waals surface area contributed by atoms with Crippen LogP contribution in [0.4, 0.5) is 32.0 Å². The number of carbonyl (C=O) groups is 1. The molecule has 1 N–H and O–H groups in total. The van der Waals surface area contributed by atoms with Crippen LogP contribution in [0.1, 0.15) is 45.9 Å². The molecule has 1 unspecified atom stereocenters. The van der Waals surface area contributed by atoms with Gasteiger partial charge in [0.25, 0.3) is 0 Å². The van der Waals surface area contributed by atoms with Crippen LogP contribution in [0.2, 0.25) is 0 Å². The Hall–Kier alpha value is -3.63. The fourth-order valence-electron chi connectivity index (χ4n) is 3.46. The van der Waals surface area contributed by atoms with Crippen LogP contribution in [0.15, 0.2) is 54.9 Å². The standard InChI is InChI=1S/C24H21F6N3O2/c1-14-11-16(21-31-12-17(13-32-21)24(28,29)30)5-8-19(14)20(9-10-23(25,26)27)33-18-6-3-15(4-7-18)22(34)35-2/h3-8,11-13,20,33H,9-10H2,1-2H3. The van der Waals surface area contributed by atoms with E-state index in [-0.39, 0.29) is 12.2 Å². The maximum atomic E-state index is 13.0. The van der Waals surface area contributed by atoms with E-state index >= 15 is 0 Å². The Morgan fingerprint density at radius 2 is 1.63 bits per heavy atom. The number of carbonyl (C=O) groups excluding carboxylic acids is 1. The number of esters is 1. The summed E-state index contributed by atoms with van der Waals surface area (Å²) in [6.07, 6.45) is -8.87. The molecule has 186 valence electrons. The third-order valence-electron chi connectivity index (χ3n) is 5.25. The highest BCUT2D eigenvalue weighted by Crippen LogP contribution is 2.33. The zero-order valence-electron chi connectivity index (χ0n) is 18.7. The number of aromatic nitrogens is 2. The van der Waals surface area contributed by atoms with Crippen molar-refractivity contribution >= 4 is 11.7 Å². The summed E-state index contributed by atoms with van der Waals surface area (Å²) in [4.78, 5) is 19.1. The smallest absolute Gasteiger partial charge is 0.419 e. The van der Waals surface area contributed by atoms with Crippen molar-refractivity contribution in [2.24, 2.45) is 0 Å². The lowest BCUT2D eigenvalue weighted by Crippen LogP contribution is -2.17. The number of halogens is 6. The van der Waals surface area contributed by atoms with Gasteiger partial charge in [0.2, 0.25) is 0 Å². The van der Waals surface area contributed by atoms with Crippen molar-refractivity contribution in [3.8, 4) is 11.4 Å². The predicted octanol–water partition coefficient (Wildman–Crippen LogP) is 6.75. The minimum Gasteiger partial charge on any atom is -0.465 e. The van der Waals surface area contributed by atoms with E-state index in [1.807, 2.05) is 0 Å². The van der Waals surface area contributed by atoms with Gasteiger partial charge in [0.05, 0.1) is 24.3 Å². The average molecular weight is 497 g/mol. The molecule has 0 aliphatic carbocycles. The van der Waals surface area contributed by atoms with Crippen LogP contribution in [0.5, 0.6) is 0 Å². The first kappa shape index (κ1) is 26.0. The molecule has 3 rings (SSSR count). The number of benzene rings is 2. The van der Waals surface area contributed by atoms with E-state index in [1.165, 1.54) is 19.2 Å². The fourth-order valence-corrected chi connectivity index (χ4v) is 3.46. The number of hydrogen-bond donors (Lipinski definition) is 1. The molecule has 2 aromatic carbocycles. The quantitative estimate of drug-likeness (QED) is 0.289. The van der Waals surface area contributed by atoms with Gasteiger partial charge < -0.3 is 10.1 Å². The van der Waals surface area contributed by atoms with E-state index in [0.29, 0.717) is 40.3 Å². The summed E-state index contributed by atoms with van der Waals surface area (Å²) in [5, 5.41) is 3.07. The van der Waals surface area contributed by atoms with Crippen LogP contribution in [0, 0.1) is 6.92 Å². The lowest BCUT2D eigenvalue weighted by Gasteiger charge is -2.23. The molecule has 0 aliphatic rings. The number of hydrogen-bond acceptors (Lipinski definition) is 5. The summed E-state index contributed by atoms with van der Waals surface area (Å²) >= 11 is 0. The molecule has 1 atom stereocenters. The first-order valence-electron chi connectivity index (χ1n) is 10.4. The van der Waals surface area contributed by atoms with Gasteiger partial charge in [0.1, 0.15) is 0 Å². The summed E-state index contributed by atoms with van der Waals surface area (Å²) in [5.41, 5.74) is 1.42. The van der Waals surface area contributed by atoms with Gasteiger partial charge in [-0.05, 0) is 54.8 Å². The van der Waals surface area contributed by atoms with E-state index in [4.69, 9.17) is 0 Å². The predicted molar refractivity (Wildman–Crippen MR) is 117 cm³/mol. The maximum Gasteiger partial charge on any atom is 0.419 e. The van der Waals surface area contributed by atoms with Gasteiger partial charge in [0, 0.05) is 30.1 Å². The van der Waals surface area contributed by atoms with E-state index < -0.39 is 36.3 Å². The topological polar surface area (TPSA) is 64.1 Å². The average Bonchev–Trinajstić information content (AvgIpc) is 2.81. The molecule has 1 aromatic heterocycles. The molecular weight excluding hydrogens is 476 g/mol. The number of ether oxygens (including phenoxy) is 1. The van der Waals surface area contributed by atoms with Crippen LogP contribution in [0.25, 0.3) is 11.4 Å². The van der Waals surface area contributed by atoms with Crippen molar-refractivity contribution < 1.29 is 35.9 Å². The molecule has 3 aromatic rings. The monoisotopic (exact) mass is 497 g/mol. The number of anilines is 1. The second-order valence-electron chi connectivity index (χ2n) is 7.78. The Labute approximate surface area is 197 Å². The minimum atomic E-state index is -4.56. The molecule has 1 heterocycles. The molecule has 0 amide bonds. The normalized spacial score (nSPS) is 12.8. The first-order valence-corrected chi connectivity index (χ1v) is 10.4. The lowest BCUT2D eigenvalue weighted by atomic mass is 9.95. The van der Waals surface area contributed by atoms with Crippen molar-refractivity contribution in [2.45, 2.75) is 38.2 Å². The molecule has 0 bridgehead atoms. The van der Waals surface area contributed by atoms with Gasteiger partial charge in [-0.3, -0.25) is 0 Å². The number of nitrogens with one attached hydrogen (secondary N) is 1. The van der Waals surface area contributed by atoms with E-state index in [0.717, 1.165) is 0 Å². The highest BCUT2D eigenvalue weighted by atomic mass is 19.4. The number of aryl methyl sites for hydroxylation is 1. The molecule has 0 radical (unpaired) electrons. The molecule has 35 heavy (non-hydrogen) atoms. The molecule has 0 aliphatic heterocycles. The summed E-state index contributed by atoms with van der Waals surface area (Å²) in [5.74, 6) is -0.479. The Balaban J connectivity index is 1.87. The largest absolute Gasteiger partial charge is 0.465 e. The number of nitrogens with zero attached hydrogens (tertiary/aromatic N) is 2. The van der Waals surface area contributed by atoms with Gasteiger partial charge in [-0.1, -0.05) is 12.1 Å². The zero-order chi connectivity index (χ0) is 25.8. The summed E-state index contributed by atoms with van der Waals surface area (Å²) in [6.45, 7) is 1.69. The fraction of sp³-hybridized carbons (Fsp3) is 0.292. The first-order chi connectivity index (χ1) is 16.4. The second-order valence-corrected chi connectivity index (χ2v) is 7.78. The van der Waals surface area contributed by atoms with Gasteiger partial charge in [-0.2, -0.15) is 26.3 Å². The van der Waals surface area contributed by atoms with E-state index in [1.54, 1.807) is 37.3 Å². The minimum absolute atomic E-state index is 0.0610. The third-order valence-corrected chi connectivity index (χ3v) is 5.25. The number of methoxy groups -OCH3 is 1. The summed E-state index contributed by atoms with van der Waals surface area (Å²) in [7, 11) is 1.24. The van der Waals surface area contributed by atoms with Gasteiger partial charge in [-0.25, -0.2) is 14.8 Å². The molecule has 11 heteroatoms. The molecular formula is C24H21F6N3O2. The van der Waals surface area contributed by atoms with Crippen molar-refractivity contribution in [3.05, 3.63) is 77.1 Å². The Morgan fingerprint density at radius 1 is 1.00 bits per heavy atom. The third kappa shape index (κ3) is 6.93. The van der Waals surface area contributed by atoms with Crippen LogP contribution in [-0.4, -0.2) is 29.2 Å². The Morgan fingerprint density at radius 3 is 2.14 bits per heavy atom.